The van der Waals surface area contributed by atoms with Gasteiger partial charge in [-0.2, -0.15) is 0 Å². The average molecular weight is 235 g/mol. The summed E-state index contributed by atoms with van der Waals surface area (Å²) < 4.78 is 40.1. The van der Waals surface area contributed by atoms with Crippen LogP contribution in [0, 0.1) is 23.4 Å². The molecule has 0 aromatic heterocycles. The fourth-order valence-electron chi connectivity index (χ4n) is 1.70. The van der Waals surface area contributed by atoms with Crippen molar-refractivity contribution in [2.24, 2.45) is 0 Å². The third-order valence-corrected chi connectivity index (χ3v) is 2.63. The van der Waals surface area contributed by atoms with E-state index in [9.17, 15) is 13.2 Å². The fraction of sp³-hybridized carbons (Fsp3) is 0.0714. The Hall–Kier alpha value is -1.77. The van der Waals surface area contributed by atoms with Crippen LogP contribution in [0.4, 0.5) is 13.2 Å². The average Bonchev–Trinajstić information content (AvgIpc) is 2.32. The molecular weight excluding hydrogens is 225 g/mol. The molecule has 3 heteroatoms. The second kappa shape index (κ2) is 4.62. The van der Waals surface area contributed by atoms with E-state index in [1.165, 1.54) is 24.3 Å². The van der Waals surface area contributed by atoms with Gasteiger partial charge < -0.3 is 0 Å². The lowest BCUT2D eigenvalue weighted by atomic mass is 9.92. The van der Waals surface area contributed by atoms with Gasteiger partial charge in [-0.05, 0) is 17.7 Å². The number of hydrogen-bond donors (Lipinski definition) is 0. The molecule has 0 spiro atoms. The van der Waals surface area contributed by atoms with E-state index >= 15 is 0 Å². The van der Waals surface area contributed by atoms with Crippen molar-refractivity contribution in [1.29, 1.82) is 0 Å². The van der Waals surface area contributed by atoms with Crippen molar-refractivity contribution in [3.05, 3.63) is 77.0 Å². The van der Waals surface area contributed by atoms with Crippen LogP contribution in [-0.2, 0) is 0 Å². The van der Waals surface area contributed by atoms with Crippen LogP contribution in [0.1, 0.15) is 18.1 Å². The molecule has 0 N–H and O–H groups in total. The Balaban J connectivity index is 2.48. The molecule has 2 aromatic carbocycles. The Bertz CT molecular complexity index is 535. The highest BCUT2D eigenvalue weighted by molar-refractivity contribution is 5.45. The SMILES string of the molecule is C[C](c1ccccc1F)c1cccc(F)c1F. The molecule has 0 nitrogen and oxygen atoms in total. The van der Waals surface area contributed by atoms with Crippen LogP contribution in [0.2, 0.25) is 0 Å². The summed E-state index contributed by atoms with van der Waals surface area (Å²) in [6, 6.07) is 9.89. The molecule has 0 fully saturated rings. The molecule has 0 aliphatic rings. The molecule has 0 aliphatic heterocycles. The van der Waals surface area contributed by atoms with E-state index in [2.05, 4.69) is 0 Å². The second-order valence-corrected chi connectivity index (χ2v) is 3.71. The van der Waals surface area contributed by atoms with E-state index in [4.69, 9.17) is 0 Å². The molecule has 87 valence electrons. The van der Waals surface area contributed by atoms with Gasteiger partial charge in [-0.15, -0.1) is 0 Å². The van der Waals surface area contributed by atoms with Crippen molar-refractivity contribution in [2.45, 2.75) is 6.92 Å². The molecule has 0 saturated carbocycles. The molecule has 0 aliphatic carbocycles. The molecule has 0 saturated heterocycles. The van der Waals surface area contributed by atoms with Crippen LogP contribution in [0.5, 0.6) is 0 Å². The third-order valence-electron chi connectivity index (χ3n) is 2.63. The maximum absolute atomic E-state index is 13.6. The van der Waals surface area contributed by atoms with Gasteiger partial charge in [-0.25, -0.2) is 13.2 Å². The molecule has 2 rings (SSSR count). The summed E-state index contributed by atoms with van der Waals surface area (Å²) in [5, 5.41) is 0. The first-order valence-electron chi connectivity index (χ1n) is 5.14. The summed E-state index contributed by atoms with van der Waals surface area (Å²) in [7, 11) is 0. The molecule has 0 amide bonds. The fourth-order valence-corrected chi connectivity index (χ4v) is 1.70. The highest BCUT2D eigenvalue weighted by Gasteiger charge is 2.18. The lowest BCUT2D eigenvalue weighted by Crippen LogP contribution is -2.04. The van der Waals surface area contributed by atoms with Gasteiger partial charge in [0, 0.05) is 11.5 Å². The maximum Gasteiger partial charge on any atom is 0.162 e. The van der Waals surface area contributed by atoms with Crippen molar-refractivity contribution >= 4 is 0 Å². The van der Waals surface area contributed by atoms with Gasteiger partial charge in [0.05, 0.1) is 0 Å². The number of halogens is 3. The zero-order valence-corrected chi connectivity index (χ0v) is 9.18. The zero-order valence-electron chi connectivity index (χ0n) is 9.18. The molecule has 0 heterocycles. The van der Waals surface area contributed by atoms with Crippen LogP contribution in [0.25, 0.3) is 0 Å². The third kappa shape index (κ3) is 2.18. The summed E-state index contributed by atoms with van der Waals surface area (Å²) >= 11 is 0. The molecule has 0 bridgehead atoms. The van der Waals surface area contributed by atoms with Gasteiger partial charge in [0.1, 0.15) is 5.82 Å². The summed E-state index contributed by atoms with van der Waals surface area (Å²) in [6.45, 7) is 1.57. The minimum absolute atomic E-state index is 0.0788. The molecular formula is C14H10F3. The van der Waals surface area contributed by atoms with Gasteiger partial charge in [-0.1, -0.05) is 37.3 Å². The van der Waals surface area contributed by atoms with Gasteiger partial charge >= 0.3 is 0 Å². The van der Waals surface area contributed by atoms with Crippen molar-refractivity contribution in [1.82, 2.24) is 0 Å². The largest absolute Gasteiger partial charge is 0.207 e. The highest BCUT2D eigenvalue weighted by Crippen LogP contribution is 2.27. The summed E-state index contributed by atoms with van der Waals surface area (Å²) in [6.07, 6.45) is 0. The molecule has 0 unspecified atom stereocenters. The van der Waals surface area contributed by atoms with Crippen LogP contribution in [0.3, 0.4) is 0 Å². The van der Waals surface area contributed by atoms with E-state index in [0.717, 1.165) is 6.07 Å². The Labute approximate surface area is 97.7 Å². The number of hydrogen-bond acceptors (Lipinski definition) is 0. The first-order valence-corrected chi connectivity index (χ1v) is 5.14. The van der Waals surface area contributed by atoms with Crippen LogP contribution < -0.4 is 0 Å². The van der Waals surface area contributed by atoms with Gasteiger partial charge in [0.25, 0.3) is 0 Å². The van der Waals surface area contributed by atoms with Crippen molar-refractivity contribution in [3.8, 4) is 0 Å². The van der Waals surface area contributed by atoms with Crippen LogP contribution >= 0.6 is 0 Å². The smallest absolute Gasteiger partial charge is 0.162 e. The van der Waals surface area contributed by atoms with E-state index in [-0.39, 0.29) is 11.1 Å². The van der Waals surface area contributed by atoms with Gasteiger partial charge in [0.15, 0.2) is 11.6 Å². The lowest BCUT2D eigenvalue weighted by Gasteiger charge is -2.13. The molecule has 17 heavy (non-hydrogen) atoms. The van der Waals surface area contributed by atoms with E-state index in [0.29, 0.717) is 5.92 Å². The second-order valence-electron chi connectivity index (χ2n) is 3.71. The minimum Gasteiger partial charge on any atom is -0.207 e. The Morgan fingerprint density at radius 2 is 1.35 bits per heavy atom. The van der Waals surface area contributed by atoms with Crippen LogP contribution in [-0.4, -0.2) is 0 Å². The summed E-state index contributed by atoms with van der Waals surface area (Å²) in [5.74, 6) is -1.96. The van der Waals surface area contributed by atoms with Crippen molar-refractivity contribution in [3.63, 3.8) is 0 Å². The Kier molecular flexibility index (Phi) is 3.18. The summed E-state index contributed by atoms with van der Waals surface area (Å²) in [5.41, 5.74) is 0.354. The van der Waals surface area contributed by atoms with E-state index < -0.39 is 17.5 Å². The quantitative estimate of drug-likeness (QED) is 0.735. The molecule has 2 aromatic rings. The minimum atomic E-state index is -0.951. The standard InChI is InChI=1S/C14H10F3/c1-9(10-5-2-3-7-12(10)15)11-6-4-8-13(16)14(11)17/h2-8H,1H3. The van der Waals surface area contributed by atoms with Crippen LogP contribution in [0.15, 0.2) is 42.5 Å². The van der Waals surface area contributed by atoms with Gasteiger partial charge in [-0.3, -0.25) is 0 Å². The molecule has 1 radical (unpaired) electrons. The highest BCUT2D eigenvalue weighted by atomic mass is 19.2. The van der Waals surface area contributed by atoms with E-state index in [1.54, 1.807) is 19.1 Å². The monoisotopic (exact) mass is 235 g/mol. The topological polar surface area (TPSA) is 0 Å². The number of benzene rings is 2. The molecule has 0 atom stereocenters. The maximum atomic E-state index is 13.6. The van der Waals surface area contributed by atoms with Gasteiger partial charge in [0.2, 0.25) is 0 Å². The number of rotatable bonds is 2. The van der Waals surface area contributed by atoms with Crippen molar-refractivity contribution < 1.29 is 13.2 Å². The Morgan fingerprint density at radius 3 is 2.06 bits per heavy atom. The van der Waals surface area contributed by atoms with Crippen molar-refractivity contribution in [2.75, 3.05) is 0 Å². The Morgan fingerprint density at radius 1 is 0.765 bits per heavy atom. The zero-order chi connectivity index (χ0) is 12.4. The lowest BCUT2D eigenvalue weighted by molar-refractivity contribution is 0.502. The first-order chi connectivity index (χ1) is 8.11. The normalized spacial score (nSPS) is 10.9. The predicted molar refractivity (Wildman–Crippen MR) is 59.9 cm³/mol. The summed E-state index contributed by atoms with van der Waals surface area (Å²) in [4.78, 5) is 0. The van der Waals surface area contributed by atoms with E-state index in [1.807, 2.05) is 0 Å². The first kappa shape index (κ1) is 11.7. The predicted octanol–water partition coefficient (Wildman–Crippen LogP) is 4.09.